The first-order chi connectivity index (χ1) is 9.45. The zero-order valence-electron chi connectivity index (χ0n) is 10.6. The average Bonchev–Trinajstić information content (AvgIpc) is 2.43. The molecule has 1 atom stereocenters. The fourth-order valence-electron chi connectivity index (χ4n) is 2.18. The van der Waals surface area contributed by atoms with E-state index in [-0.39, 0.29) is 18.4 Å². The van der Waals surface area contributed by atoms with Crippen LogP contribution in [0.2, 0.25) is 0 Å². The molecule has 0 radical (unpaired) electrons. The van der Waals surface area contributed by atoms with Gasteiger partial charge in [0.2, 0.25) is 0 Å². The molecule has 1 aromatic rings. The first-order valence-corrected chi connectivity index (χ1v) is 5.91. The van der Waals surface area contributed by atoms with Gasteiger partial charge in [-0.2, -0.15) is 0 Å². The molecular weight excluding hydrogens is 273 g/mol. The molecule has 0 spiro atoms. The Bertz CT molecular complexity index is 608. The number of benzene rings is 1. The molecule has 2 rings (SSSR count). The smallest absolute Gasteiger partial charge is 0.316 e. The summed E-state index contributed by atoms with van der Waals surface area (Å²) in [6, 6.07) is 1.47. The Morgan fingerprint density at radius 3 is 2.50 bits per heavy atom. The van der Waals surface area contributed by atoms with Gasteiger partial charge in [-0.25, -0.2) is 13.2 Å². The van der Waals surface area contributed by atoms with Gasteiger partial charge < -0.3 is 4.74 Å². The van der Waals surface area contributed by atoms with Gasteiger partial charge in [-0.1, -0.05) is 0 Å². The van der Waals surface area contributed by atoms with Gasteiger partial charge in [0, 0.05) is 0 Å². The highest BCUT2D eigenvalue weighted by molar-refractivity contribution is 6.09. The van der Waals surface area contributed by atoms with Crippen molar-refractivity contribution in [2.24, 2.45) is 5.92 Å². The number of rotatable bonds is 2. The maximum Gasteiger partial charge on any atom is 0.316 e. The molecule has 0 saturated heterocycles. The van der Waals surface area contributed by atoms with Gasteiger partial charge >= 0.3 is 5.97 Å². The van der Waals surface area contributed by atoms with Crippen molar-refractivity contribution in [2.45, 2.75) is 12.8 Å². The number of allylic oxidation sites excluding steroid dienone is 2. The molecule has 0 amide bonds. The Hall–Kier alpha value is -2.11. The van der Waals surface area contributed by atoms with E-state index in [9.17, 15) is 22.8 Å². The number of hydrogen-bond donors (Lipinski definition) is 0. The van der Waals surface area contributed by atoms with E-state index in [0.717, 1.165) is 19.3 Å². The summed E-state index contributed by atoms with van der Waals surface area (Å²) >= 11 is 0. The van der Waals surface area contributed by atoms with Gasteiger partial charge in [-0.15, -0.1) is 0 Å². The Kier molecular flexibility index (Phi) is 3.92. The Balaban J connectivity index is 2.40. The minimum Gasteiger partial charge on any atom is -0.468 e. The molecule has 0 fully saturated rings. The zero-order chi connectivity index (χ0) is 14.9. The number of carbonyl (C=O) groups excluding carboxylic acids is 2. The summed E-state index contributed by atoms with van der Waals surface area (Å²) in [5.41, 5.74) is -0.508. The number of halogens is 3. The van der Waals surface area contributed by atoms with Crippen LogP contribution in [-0.4, -0.2) is 18.9 Å². The molecule has 0 heterocycles. The van der Waals surface area contributed by atoms with Crippen molar-refractivity contribution in [1.82, 2.24) is 0 Å². The second-order valence-corrected chi connectivity index (χ2v) is 4.40. The van der Waals surface area contributed by atoms with Crippen LogP contribution < -0.4 is 0 Å². The number of hydrogen-bond acceptors (Lipinski definition) is 3. The zero-order valence-corrected chi connectivity index (χ0v) is 10.6. The minimum atomic E-state index is -1.33. The number of esters is 1. The van der Waals surface area contributed by atoms with Gasteiger partial charge in [-0.05, 0) is 36.6 Å². The van der Waals surface area contributed by atoms with Crippen LogP contribution >= 0.6 is 0 Å². The van der Waals surface area contributed by atoms with Crippen LogP contribution in [0.15, 0.2) is 18.2 Å². The summed E-state index contributed by atoms with van der Waals surface area (Å²) < 4.78 is 44.9. The van der Waals surface area contributed by atoms with Crippen LogP contribution in [-0.2, 0) is 14.3 Å². The van der Waals surface area contributed by atoms with E-state index in [4.69, 9.17) is 0 Å². The topological polar surface area (TPSA) is 43.4 Å². The van der Waals surface area contributed by atoms with Crippen LogP contribution in [0, 0.1) is 23.4 Å². The maximum absolute atomic E-state index is 13.6. The predicted molar refractivity (Wildman–Crippen MR) is 64.0 cm³/mol. The Morgan fingerprint density at radius 1 is 1.25 bits per heavy atom. The molecule has 1 unspecified atom stereocenters. The van der Waals surface area contributed by atoms with E-state index in [2.05, 4.69) is 4.74 Å². The molecule has 0 aliphatic heterocycles. The largest absolute Gasteiger partial charge is 0.468 e. The monoisotopic (exact) mass is 284 g/mol. The third-order valence-corrected chi connectivity index (χ3v) is 3.21. The second kappa shape index (κ2) is 5.48. The molecular formula is C14H11F3O3. The highest BCUT2D eigenvalue weighted by Gasteiger charge is 2.31. The molecule has 6 heteroatoms. The van der Waals surface area contributed by atoms with Crippen LogP contribution in [0.5, 0.6) is 0 Å². The van der Waals surface area contributed by atoms with E-state index < -0.39 is 40.7 Å². The van der Waals surface area contributed by atoms with E-state index in [1.165, 1.54) is 0 Å². The molecule has 20 heavy (non-hydrogen) atoms. The summed E-state index contributed by atoms with van der Waals surface area (Å²) in [4.78, 5) is 23.1. The van der Waals surface area contributed by atoms with Crippen LogP contribution in [0.25, 0.3) is 5.57 Å². The molecule has 0 N–H and O–H groups in total. The van der Waals surface area contributed by atoms with Crippen molar-refractivity contribution >= 4 is 17.3 Å². The standard InChI is InChI=1S/C14H11F3O3/c1-20-14(19)8-3-2-7(6-11(8)18)12-9(15)4-5-10(16)13(12)17/h4-6,8H,2-3H2,1H3. The lowest BCUT2D eigenvalue weighted by atomic mass is 9.85. The molecule has 1 aromatic carbocycles. The van der Waals surface area contributed by atoms with Crippen LogP contribution in [0.4, 0.5) is 13.2 Å². The maximum atomic E-state index is 13.6. The number of ether oxygens (including phenoxy) is 1. The van der Waals surface area contributed by atoms with Crippen molar-refractivity contribution in [3.8, 4) is 0 Å². The van der Waals surface area contributed by atoms with Crippen LogP contribution in [0.1, 0.15) is 18.4 Å². The van der Waals surface area contributed by atoms with Crippen molar-refractivity contribution < 1.29 is 27.5 Å². The molecule has 106 valence electrons. The lowest BCUT2D eigenvalue weighted by molar-refractivity contribution is -0.148. The van der Waals surface area contributed by atoms with Gasteiger partial charge in [-0.3, -0.25) is 9.59 Å². The third-order valence-electron chi connectivity index (χ3n) is 3.21. The highest BCUT2D eigenvalue weighted by atomic mass is 19.2. The fourth-order valence-corrected chi connectivity index (χ4v) is 2.18. The fraction of sp³-hybridized carbons (Fsp3) is 0.286. The molecule has 1 aliphatic carbocycles. The molecule has 3 nitrogen and oxygen atoms in total. The van der Waals surface area contributed by atoms with Crippen molar-refractivity contribution in [2.75, 3.05) is 7.11 Å². The summed E-state index contributed by atoms with van der Waals surface area (Å²) in [5.74, 6) is -5.72. The Labute approximate surface area is 113 Å². The summed E-state index contributed by atoms with van der Waals surface area (Å²) in [7, 11) is 1.15. The van der Waals surface area contributed by atoms with E-state index in [1.54, 1.807) is 0 Å². The van der Waals surface area contributed by atoms with Crippen molar-refractivity contribution in [1.29, 1.82) is 0 Å². The molecule has 0 bridgehead atoms. The van der Waals surface area contributed by atoms with E-state index in [0.29, 0.717) is 6.07 Å². The van der Waals surface area contributed by atoms with Crippen molar-refractivity contribution in [3.63, 3.8) is 0 Å². The van der Waals surface area contributed by atoms with E-state index >= 15 is 0 Å². The van der Waals surface area contributed by atoms with Gasteiger partial charge in [0.25, 0.3) is 0 Å². The summed E-state index contributed by atoms with van der Waals surface area (Å²) in [5, 5.41) is 0. The van der Waals surface area contributed by atoms with Crippen molar-refractivity contribution in [3.05, 3.63) is 41.2 Å². The molecule has 0 aromatic heterocycles. The second-order valence-electron chi connectivity index (χ2n) is 4.40. The summed E-state index contributed by atoms with van der Waals surface area (Å²) in [6.45, 7) is 0. The average molecular weight is 284 g/mol. The lowest BCUT2D eigenvalue weighted by Crippen LogP contribution is -2.27. The third kappa shape index (κ3) is 2.45. The first kappa shape index (κ1) is 14.3. The molecule has 0 saturated carbocycles. The highest BCUT2D eigenvalue weighted by Crippen LogP contribution is 2.32. The van der Waals surface area contributed by atoms with Gasteiger partial charge in [0.15, 0.2) is 17.4 Å². The van der Waals surface area contributed by atoms with Gasteiger partial charge in [0.1, 0.15) is 11.7 Å². The lowest BCUT2D eigenvalue weighted by Gasteiger charge is -2.19. The Morgan fingerprint density at radius 2 is 1.90 bits per heavy atom. The number of carbonyl (C=O) groups is 2. The number of methoxy groups -OCH3 is 1. The predicted octanol–water partition coefficient (Wildman–Crippen LogP) is 2.64. The normalized spacial score (nSPS) is 18.7. The first-order valence-electron chi connectivity index (χ1n) is 5.91. The summed E-state index contributed by atoms with van der Waals surface area (Å²) in [6.07, 6.45) is 1.14. The number of ketones is 1. The van der Waals surface area contributed by atoms with Crippen LogP contribution in [0.3, 0.4) is 0 Å². The SMILES string of the molecule is COC(=O)C1CCC(c2c(F)ccc(F)c2F)=CC1=O. The molecule has 1 aliphatic rings. The minimum absolute atomic E-state index is 0.0460. The quantitative estimate of drug-likeness (QED) is 0.476. The van der Waals surface area contributed by atoms with Gasteiger partial charge in [0.05, 0.1) is 12.7 Å². The van der Waals surface area contributed by atoms with E-state index in [1.807, 2.05) is 0 Å².